The first-order chi connectivity index (χ1) is 14.2. The second-order valence-corrected chi connectivity index (χ2v) is 7.15. The van der Waals surface area contributed by atoms with Crippen LogP contribution in [0.25, 0.3) is 10.9 Å². The molecule has 1 aromatic carbocycles. The first-order valence-corrected chi connectivity index (χ1v) is 9.85. The molecular formula is C21H25N7O. The van der Waals surface area contributed by atoms with E-state index in [1.165, 1.54) is 6.20 Å². The van der Waals surface area contributed by atoms with Crippen LogP contribution in [-0.4, -0.2) is 65.0 Å². The number of fused-ring (bicyclic) bond motifs is 1. The quantitative estimate of drug-likeness (QED) is 0.591. The number of amides is 1. The van der Waals surface area contributed by atoms with Crippen LogP contribution in [0.1, 0.15) is 16.1 Å². The summed E-state index contributed by atoms with van der Waals surface area (Å²) < 4.78 is 0. The number of nitrogens with one attached hydrogen (secondary N) is 3. The van der Waals surface area contributed by atoms with Crippen LogP contribution < -0.4 is 16.0 Å². The SMILES string of the molecule is Cc1cc(NC(=O)c2cnc(NCCN3CCNCC3)cn2)c2ncccc2c1. The van der Waals surface area contributed by atoms with E-state index in [2.05, 4.69) is 35.8 Å². The minimum absolute atomic E-state index is 0.267. The maximum atomic E-state index is 12.6. The van der Waals surface area contributed by atoms with Gasteiger partial charge in [-0.25, -0.2) is 9.97 Å². The minimum atomic E-state index is -0.303. The van der Waals surface area contributed by atoms with Gasteiger partial charge in [0, 0.05) is 50.9 Å². The molecule has 0 bridgehead atoms. The van der Waals surface area contributed by atoms with Crippen molar-refractivity contribution in [2.75, 3.05) is 49.9 Å². The highest BCUT2D eigenvalue weighted by Gasteiger charge is 2.12. The maximum absolute atomic E-state index is 12.6. The number of rotatable bonds is 6. The molecule has 8 heteroatoms. The molecule has 0 atom stereocenters. The first-order valence-electron chi connectivity index (χ1n) is 9.85. The number of pyridine rings is 1. The van der Waals surface area contributed by atoms with Crippen molar-refractivity contribution in [1.82, 2.24) is 25.2 Å². The molecule has 3 heterocycles. The van der Waals surface area contributed by atoms with Crippen LogP contribution in [0.5, 0.6) is 0 Å². The number of anilines is 2. The molecule has 1 aliphatic rings. The predicted octanol–water partition coefficient (Wildman–Crippen LogP) is 1.90. The Morgan fingerprint density at radius 2 is 2.03 bits per heavy atom. The third-order valence-corrected chi connectivity index (χ3v) is 4.93. The van der Waals surface area contributed by atoms with E-state index in [1.54, 1.807) is 12.4 Å². The summed E-state index contributed by atoms with van der Waals surface area (Å²) in [7, 11) is 0. The van der Waals surface area contributed by atoms with Gasteiger partial charge in [0.15, 0.2) is 0 Å². The lowest BCUT2D eigenvalue weighted by Crippen LogP contribution is -2.45. The molecule has 0 saturated carbocycles. The van der Waals surface area contributed by atoms with Crippen molar-refractivity contribution in [2.24, 2.45) is 0 Å². The number of aryl methyl sites for hydroxylation is 1. The van der Waals surface area contributed by atoms with Crippen LogP contribution in [0, 0.1) is 6.92 Å². The van der Waals surface area contributed by atoms with Crippen LogP contribution in [0.3, 0.4) is 0 Å². The summed E-state index contributed by atoms with van der Waals surface area (Å²) in [5.74, 6) is 0.363. The van der Waals surface area contributed by atoms with Gasteiger partial charge in [0.2, 0.25) is 0 Å². The Hall–Kier alpha value is -3.10. The van der Waals surface area contributed by atoms with Gasteiger partial charge in [0.1, 0.15) is 11.5 Å². The zero-order valence-corrected chi connectivity index (χ0v) is 16.5. The van der Waals surface area contributed by atoms with E-state index in [1.807, 2.05) is 31.2 Å². The molecule has 3 N–H and O–H groups in total. The Morgan fingerprint density at radius 3 is 2.83 bits per heavy atom. The fourth-order valence-corrected chi connectivity index (χ4v) is 3.44. The highest BCUT2D eigenvalue weighted by Crippen LogP contribution is 2.23. The van der Waals surface area contributed by atoms with Crippen molar-refractivity contribution in [3.05, 3.63) is 54.1 Å². The van der Waals surface area contributed by atoms with Crippen LogP contribution in [0.2, 0.25) is 0 Å². The number of hydrogen-bond acceptors (Lipinski definition) is 7. The Labute approximate surface area is 169 Å². The predicted molar refractivity (Wildman–Crippen MR) is 114 cm³/mol. The Bertz CT molecular complexity index is 984. The smallest absolute Gasteiger partial charge is 0.275 e. The Balaban J connectivity index is 1.37. The highest BCUT2D eigenvalue weighted by molar-refractivity contribution is 6.07. The molecule has 0 radical (unpaired) electrons. The monoisotopic (exact) mass is 391 g/mol. The van der Waals surface area contributed by atoms with Gasteiger partial charge in [0.05, 0.1) is 23.6 Å². The molecule has 1 amide bonds. The van der Waals surface area contributed by atoms with Gasteiger partial charge in [-0.15, -0.1) is 0 Å². The molecule has 29 heavy (non-hydrogen) atoms. The molecule has 150 valence electrons. The standard InChI is InChI=1S/C21H25N7O/c1-15-11-16-3-2-4-24-20(16)17(12-15)27-21(29)18-13-26-19(14-25-18)23-7-10-28-8-5-22-6-9-28/h2-4,11-14,22H,5-10H2,1H3,(H,23,26)(H,27,29). The third kappa shape index (κ3) is 4.85. The van der Waals surface area contributed by atoms with E-state index in [0.717, 1.165) is 55.7 Å². The van der Waals surface area contributed by atoms with Gasteiger partial charge in [-0.05, 0) is 30.7 Å². The van der Waals surface area contributed by atoms with E-state index >= 15 is 0 Å². The van der Waals surface area contributed by atoms with Crippen LogP contribution in [-0.2, 0) is 0 Å². The summed E-state index contributed by atoms with van der Waals surface area (Å²) in [6.45, 7) is 7.94. The molecule has 1 aliphatic heterocycles. The average molecular weight is 391 g/mol. The van der Waals surface area contributed by atoms with Crippen molar-refractivity contribution < 1.29 is 4.79 Å². The lowest BCUT2D eigenvalue weighted by molar-refractivity contribution is 0.102. The van der Waals surface area contributed by atoms with E-state index in [4.69, 9.17) is 0 Å². The lowest BCUT2D eigenvalue weighted by atomic mass is 10.1. The highest BCUT2D eigenvalue weighted by atomic mass is 16.1. The van der Waals surface area contributed by atoms with E-state index < -0.39 is 0 Å². The zero-order valence-electron chi connectivity index (χ0n) is 16.5. The molecular weight excluding hydrogens is 366 g/mol. The molecule has 1 saturated heterocycles. The Kier molecular flexibility index (Phi) is 5.92. The van der Waals surface area contributed by atoms with E-state index in [0.29, 0.717) is 11.5 Å². The molecule has 8 nitrogen and oxygen atoms in total. The number of aromatic nitrogens is 3. The normalized spacial score (nSPS) is 14.7. The third-order valence-electron chi connectivity index (χ3n) is 4.93. The molecule has 4 rings (SSSR count). The molecule has 1 fully saturated rings. The summed E-state index contributed by atoms with van der Waals surface area (Å²) in [5, 5.41) is 10.5. The van der Waals surface area contributed by atoms with Crippen molar-refractivity contribution in [3.8, 4) is 0 Å². The Morgan fingerprint density at radius 1 is 1.17 bits per heavy atom. The molecule has 2 aromatic heterocycles. The maximum Gasteiger partial charge on any atom is 0.275 e. The molecule has 3 aromatic rings. The average Bonchev–Trinajstić information content (AvgIpc) is 2.75. The summed E-state index contributed by atoms with van der Waals surface area (Å²) in [6, 6.07) is 7.81. The minimum Gasteiger partial charge on any atom is -0.368 e. The van der Waals surface area contributed by atoms with Gasteiger partial charge in [0.25, 0.3) is 5.91 Å². The molecule has 0 unspecified atom stereocenters. The van der Waals surface area contributed by atoms with Gasteiger partial charge in [-0.3, -0.25) is 14.7 Å². The van der Waals surface area contributed by atoms with Gasteiger partial charge < -0.3 is 16.0 Å². The second kappa shape index (κ2) is 8.93. The second-order valence-electron chi connectivity index (χ2n) is 7.15. The fourth-order valence-electron chi connectivity index (χ4n) is 3.44. The first kappa shape index (κ1) is 19.2. The van der Waals surface area contributed by atoms with Crippen molar-refractivity contribution in [2.45, 2.75) is 6.92 Å². The topological polar surface area (TPSA) is 95.1 Å². The number of benzene rings is 1. The number of hydrogen-bond donors (Lipinski definition) is 3. The van der Waals surface area contributed by atoms with Crippen molar-refractivity contribution >= 4 is 28.3 Å². The van der Waals surface area contributed by atoms with Crippen LogP contribution >= 0.6 is 0 Å². The molecule has 0 aliphatic carbocycles. The lowest BCUT2D eigenvalue weighted by Gasteiger charge is -2.27. The van der Waals surface area contributed by atoms with Crippen LogP contribution in [0.4, 0.5) is 11.5 Å². The summed E-state index contributed by atoms with van der Waals surface area (Å²) in [6.07, 6.45) is 4.81. The van der Waals surface area contributed by atoms with Gasteiger partial charge in [-0.2, -0.15) is 0 Å². The number of carbonyl (C=O) groups is 1. The van der Waals surface area contributed by atoms with E-state index in [9.17, 15) is 4.79 Å². The summed E-state index contributed by atoms with van der Waals surface area (Å²) in [4.78, 5) is 28.0. The van der Waals surface area contributed by atoms with Crippen molar-refractivity contribution in [1.29, 1.82) is 0 Å². The van der Waals surface area contributed by atoms with E-state index in [-0.39, 0.29) is 11.6 Å². The van der Waals surface area contributed by atoms with Gasteiger partial charge in [-0.1, -0.05) is 6.07 Å². The summed E-state index contributed by atoms with van der Waals surface area (Å²) >= 11 is 0. The number of piperazine rings is 1. The van der Waals surface area contributed by atoms with Gasteiger partial charge >= 0.3 is 0 Å². The zero-order chi connectivity index (χ0) is 20.1. The van der Waals surface area contributed by atoms with Crippen LogP contribution in [0.15, 0.2) is 42.9 Å². The van der Waals surface area contributed by atoms with Crippen molar-refractivity contribution in [3.63, 3.8) is 0 Å². The largest absolute Gasteiger partial charge is 0.368 e. The number of carbonyl (C=O) groups excluding carboxylic acids is 1. The number of nitrogens with zero attached hydrogens (tertiary/aromatic N) is 4. The fraction of sp³-hybridized carbons (Fsp3) is 0.333. The molecule has 0 spiro atoms. The summed E-state index contributed by atoms with van der Waals surface area (Å²) in [5.41, 5.74) is 2.75.